The second kappa shape index (κ2) is 5.40. The first kappa shape index (κ1) is 12.2. The van der Waals surface area contributed by atoms with E-state index in [0.29, 0.717) is 5.88 Å². The minimum Gasteiger partial charge on any atom is -0.481 e. The van der Waals surface area contributed by atoms with Gasteiger partial charge in [0.2, 0.25) is 5.88 Å². The highest BCUT2D eigenvalue weighted by Gasteiger charge is 2.18. The highest BCUT2D eigenvalue weighted by molar-refractivity contribution is 5.33. The molecule has 0 aliphatic carbocycles. The fraction of sp³-hybridized carbons (Fsp3) is 0.429. The van der Waals surface area contributed by atoms with Gasteiger partial charge in [-0.2, -0.15) is 4.98 Å². The number of hydrogen-bond donors (Lipinski definition) is 1. The monoisotopic (exact) mass is 259 g/mol. The number of rotatable bonds is 4. The van der Waals surface area contributed by atoms with Gasteiger partial charge in [-0.1, -0.05) is 0 Å². The normalized spacial score (nSPS) is 14.2. The van der Waals surface area contributed by atoms with Crippen LogP contribution in [0.1, 0.15) is 22.8 Å². The minimum atomic E-state index is 0.701. The van der Waals surface area contributed by atoms with E-state index < -0.39 is 0 Å². The van der Waals surface area contributed by atoms with Gasteiger partial charge in [-0.05, 0) is 12.1 Å². The van der Waals surface area contributed by atoms with Crippen LogP contribution in [0.3, 0.4) is 0 Å². The van der Waals surface area contributed by atoms with Gasteiger partial charge in [-0.3, -0.25) is 0 Å². The summed E-state index contributed by atoms with van der Waals surface area (Å²) in [5, 5.41) is 3.31. The van der Waals surface area contributed by atoms with Crippen molar-refractivity contribution in [3.63, 3.8) is 0 Å². The van der Waals surface area contributed by atoms with Crippen LogP contribution in [0, 0.1) is 0 Å². The summed E-state index contributed by atoms with van der Waals surface area (Å²) in [7, 11) is 1.66. The lowest BCUT2D eigenvalue weighted by Gasteiger charge is -2.18. The first-order valence-electron chi connectivity index (χ1n) is 6.52. The highest BCUT2D eigenvalue weighted by Crippen LogP contribution is 2.22. The maximum atomic E-state index is 5.38. The zero-order chi connectivity index (χ0) is 13.1. The Kier molecular flexibility index (Phi) is 3.46. The molecule has 0 aromatic carbocycles. The Labute approximate surface area is 112 Å². The molecule has 1 N–H and O–H groups in total. The van der Waals surface area contributed by atoms with Crippen molar-refractivity contribution < 1.29 is 9.15 Å². The van der Waals surface area contributed by atoms with Crippen LogP contribution in [0.15, 0.2) is 22.8 Å². The lowest BCUT2D eigenvalue weighted by Crippen LogP contribution is -2.26. The van der Waals surface area contributed by atoms with E-state index in [1.165, 1.54) is 0 Å². The molecule has 0 unspecified atom stereocenters. The van der Waals surface area contributed by atoms with Gasteiger partial charge >= 0.3 is 0 Å². The highest BCUT2D eigenvalue weighted by atomic mass is 16.5. The number of nitrogens with one attached hydrogen (secondary N) is 1. The van der Waals surface area contributed by atoms with Gasteiger partial charge < -0.3 is 14.5 Å². The molecule has 0 saturated heterocycles. The van der Waals surface area contributed by atoms with Crippen molar-refractivity contribution in [1.29, 1.82) is 0 Å². The van der Waals surface area contributed by atoms with Crippen LogP contribution in [0.25, 0.3) is 0 Å². The molecule has 19 heavy (non-hydrogen) atoms. The van der Waals surface area contributed by atoms with Crippen LogP contribution in [0.2, 0.25) is 0 Å². The number of aryl methyl sites for hydroxylation is 2. The molecule has 2 aromatic heterocycles. The van der Waals surface area contributed by atoms with Gasteiger partial charge in [-0.15, -0.1) is 0 Å². The molecular weight excluding hydrogens is 242 g/mol. The second-order valence-electron chi connectivity index (χ2n) is 4.58. The first-order chi connectivity index (χ1) is 9.36. The Morgan fingerprint density at radius 2 is 2.32 bits per heavy atom. The average Bonchev–Trinajstić information content (AvgIpc) is 2.97. The number of hydrogen-bond acceptors (Lipinski definition) is 5. The van der Waals surface area contributed by atoms with Crippen LogP contribution >= 0.6 is 0 Å². The Balaban J connectivity index is 1.81. The fourth-order valence-corrected chi connectivity index (χ4v) is 2.33. The van der Waals surface area contributed by atoms with Crippen LogP contribution < -0.4 is 10.1 Å². The Bertz CT molecular complexity index is 535. The van der Waals surface area contributed by atoms with E-state index >= 15 is 0 Å². The number of fused-ring (bicyclic) bond motifs is 1. The number of ether oxygens (including phenoxy) is 1. The Morgan fingerprint density at radius 3 is 3.11 bits per heavy atom. The van der Waals surface area contributed by atoms with Crippen molar-refractivity contribution in [2.75, 3.05) is 13.7 Å². The van der Waals surface area contributed by atoms with Crippen molar-refractivity contribution in [3.8, 4) is 5.88 Å². The third-order valence-electron chi connectivity index (χ3n) is 3.31. The zero-order valence-corrected chi connectivity index (χ0v) is 11.0. The molecule has 0 atom stereocenters. The quantitative estimate of drug-likeness (QED) is 0.901. The van der Waals surface area contributed by atoms with E-state index in [0.717, 1.165) is 55.2 Å². The summed E-state index contributed by atoms with van der Waals surface area (Å²) in [5.74, 6) is 2.49. The zero-order valence-electron chi connectivity index (χ0n) is 11.0. The van der Waals surface area contributed by atoms with Gasteiger partial charge in [0, 0.05) is 37.9 Å². The predicted molar refractivity (Wildman–Crippen MR) is 70.1 cm³/mol. The number of methoxy groups -OCH3 is 1. The van der Waals surface area contributed by atoms with Gasteiger partial charge in [-0.25, -0.2) is 4.98 Å². The molecule has 2 aromatic rings. The summed E-state index contributed by atoms with van der Waals surface area (Å²) in [5.41, 5.74) is 2.20. The van der Waals surface area contributed by atoms with Gasteiger partial charge in [0.05, 0.1) is 19.1 Å². The number of nitrogens with zero attached hydrogens (tertiary/aromatic N) is 2. The molecule has 0 radical (unpaired) electrons. The van der Waals surface area contributed by atoms with Gasteiger partial charge in [0.15, 0.2) is 0 Å². The average molecular weight is 259 g/mol. The summed E-state index contributed by atoms with van der Waals surface area (Å²) in [6.45, 7) is 1.75. The maximum Gasteiger partial charge on any atom is 0.221 e. The van der Waals surface area contributed by atoms with Crippen LogP contribution in [0.4, 0.5) is 0 Å². The summed E-state index contributed by atoms with van der Waals surface area (Å²) in [6, 6.07) is 3.87. The molecule has 3 heterocycles. The molecule has 0 bridgehead atoms. The number of furan rings is 1. The molecular formula is C14H17N3O2. The largest absolute Gasteiger partial charge is 0.481 e. The molecule has 5 heteroatoms. The van der Waals surface area contributed by atoms with Crippen molar-refractivity contribution in [3.05, 3.63) is 41.2 Å². The van der Waals surface area contributed by atoms with E-state index in [1.807, 2.05) is 12.1 Å². The lowest BCUT2D eigenvalue weighted by atomic mass is 10.1. The van der Waals surface area contributed by atoms with Crippen molar-refractivity contribution in [2.24, 2.45) is 0 Å². The minimum absolute atomic E-state index is 0.701. The summed E-state index contributed by atoms with van der Waals surface area (Å²) in [4.78, 5) is 9.14. The SMILES string of the molecule is COc1nc(CCc2ccco2)nc2c1CNCC2. The van der Waals surface area contributed by atoms with E-state index in [9.17, 15) is 0 Å². The molecule has 0 spiro atoms. The van der Waals surface area contributed by atoms with Gasteiger partial charge in [0.25, 0.3) is 0 Å². The summed E-state index contributed by atoms with van der Waals surface area (Å²) >= 11 is 0. The topological polar surface area (TPSA) is 60.2 Å². The third kappa shape index (κ3) is 2.61. The number of aromatic nitrogens is 2. The first-order valence-corrected chi connectivity index (χ1v) is 6.52. The molecule has 100 valence electrons. The predicted octanol–water partition coefficient (Wildman–Crippen LogP) is 1.51. The molecule has 0 saturated carbocycles. The lowest BCUT2D eigenvalue weighted by molar-refractivity contribution is 0.382. The second-order valence-corrected chi connectivity index (χ2v) is 4.58. The molecule has 1 aliphatic heterocycles. The standard InChI is InChI=1S/C14H17N3O2/c1-18-14-11-9-15-7-6-12(11)16-13(17-14)5-4-10-3-2-8-19-10/h2-3,8,15H,4-7,9H2,1H3. The third-order valence-corrected chi connectivity index (χ3v) is 3.31. The smallest absolute Gasteiger partial charge is 0.221 e. The molecule has 0 fully saturated rings. The van der Waals surface area contributed by atoms with Crippen molar-refractivity contribution in [1.82, 2.24) is 15.3 Å². The van der Waals surface area contributed by atoms with Crippen LogP contribution in [-0.4, -0.2) is 23.6 Å². The fourth-order valence-electron chi connectivity index (χ4n) is 2.33. The van der Waals surface area contributed by atoms with E-state index in [-0.39, 0.29) is 0 Å². The van der Waals surface area contributed by atoms with Crippen molar-refractivity contribution in [2.45, 2.75) is 25.8 Å². The Morgan fingerprint density at radius 1 is 1.37 bits per heavy atom. The van der Waals surface area contributed by atoms with Gasteiger partial charge in [0.1, 0.15) is 11.6 Å². The maximum absolute atomic E-state index is 5.38. The van der Waals surface area contributed by atoms with Crippen LogP contribution in [0.5, 0.6) is 5.88 Å². The molecule has 5 nitrogen and oxygen atoms in total. The molecule has 3 rings (SSSR count). The summed E-state index contributed by atoms with van der Waals surface area (Å²) in [6.07, 6.45) is 4.20. The van der Waals surface area contributed by atoms with E-state index in [4.69, 9.17) is 9.15 Å². The molecule has 1 aliphatic rings. The van der Waals surface area contributed by atoms with Crippen molar-refractivity contribution >= 4 is 0 Å². The molecule has 0 amide bonds. The van der Waals surface area contributed by atoms with E-state index in [2.05, 4.69) is 15.3 Å². The van der Waals surface area contributed by atoms with E-state index in [1.54, 1.807) is 13.4 Å². The summed E-state index contributed by atoms with van der Waals surface area (Å²) < 4.78 is 10.7. The van der Waals surface area contributed by atoms with Crippen LogP contribution in [-0.2, 0) is 25.8 Å². The Hall–Kier alpha value is -1.88.